The van der Waals surface area contributed by atoms with E-state index < -0.39 is 0 Å². The zero-order valence-electron chi connectivity index (χ0n) is 8.63. The molecule has 78 valence electrons. The van der Waals surface area contributed by atoms with Crippen LogP contribution in [0.5, 0.6) is 0 Å². The van der Waals surface area contributed by atoms with Crippen molar-refractivity contribution in [3.8, 4) is 11.1 Å². The van der Waals surface area contributed by atoms with Crippen LogP contribution in [0, 0.1) is 19.7 Å². The van der Waals surface area contributed by atoms with E-state index in [1.165, 1.54) is 6.20 Å². The van der Waals surface area contributed by atoms with Crippen LogP contribution in [0.2, 0.25) is 0 Å². The number of hydrogen-bond acceptors (Lipinski definition) is 2. The van der Waals surface area contributed by atoms with E-state index in [0.29, 0.717) is 22.5 Å². The highest BCUT2D eigenvalue weighted by molar-refractivity contribution is 5.74. The summed E-state index contributed by atoms with van der Waals surface area (Å²) in [5.41, 5.74) is 8.39. The van der Waals surface area contributed by atoms with Crippen LogP contribution >= 0.6 is 0 Å². The molecule has 0 atom stereocenters. The number of anilines is 1. The van der Waals surface area contributed by atoms with E-state index in [0.717, 1.165) is 5.56 Å². The lowest BCUT2D eigenvalue weighted by Gasteiger charge is -2.06. The lowest BCUT2D eigenvalue weighted by molar-refractivity contribution is 0.621. The molecule has 15 heavy (non-hydrogen) atoms. The number of nitrogens with two attached hydrogens (primary N) is 1. The van der Waals surface area contributed by atoms with E-state index in [4.69, 9.17) is 5.73 Å². The van der Waals surface area contributed by atoms with Crippen LogP contribution in [-0.2, 0) is 0 Å². The van der Waals surface area contributed by atoms with Crippen LogP contribution in [0.25, 0.3) is 11.1 Å². The lowest BCUT2D eigenvalue weighted by atomic mass is 10.0. The summed E-state index contributed by atoms with van der Waals surface area (Å²) < 4.78 is 13.8. The summed E-state index contributed by atoms with van der Waals surface area (Å²) in [5.74, 6) is 0.146. The maximum Gasteiger partial charge on any atom is 0.134 e. The zero-order valence-corrected chi connectivity index (χ0v) is 8.63. The molecule has 0 aliphatic rings. The van der Waals surface area contributed by atoms with Gasteiger partial charge in [0, 0.05) is 11.1 Å². The lowest BCUT2D eigenvalue weighted by Crippen LogP contribution is -1.93. The molecule has 0 spiro atoms. The van der Waals surface area contributed by atoms with E-state index in [9.17, 15) is 4.39 Å². The van der Waals surface area contributed by atoms with Gasteiger partial charge in [0.05, 0.1) is 6.20 Å². The maximum atomic E-state index is 13.8. The first-order valence-electron chi connectivity index (χ1n) is 4.65. The van der Waals surface area contributed by atoms with Gasteiger partial charge >= 0.3 is 0 Å². The summed E-state index contributed by atoms with van der Waals surface area (Å²) in [5, 5.41) is 6.38. The normalized spacial score (nSPS) is 10.6. The van der Waals surface area contributed by atoms with Crippen molar-refractivity contribution in [1.82, 2.24) is 10.2 Å². The summed E-state index contributed by atoms with van der Waals surface area (Å²) in [6.45, 7) is 3.66. The number of hydrogen-bond donors (Lipinski definition) is 2. The molecule has 0 unspecified atom stereocenters. The predicted octanol–water partition coefficient (Wildman–Crippen LogP) is 2.41. The summed E-state index contributed by atoms with van der Waals surface area (Å²) in [6.07, 6.45) is 1.53. The Kier molecular flexibility index (Phi) is 2.19. The summed E-state index contributed by atoms with van der Waals surface area (Å²) >= 11 is 0. The molecule has 2 rings (SSSR count). The molecule has 0 amide bonds. The molecule has 1 aromatic carbocycles. The molecule has 1 aromatic heterocycles. The molecule has 0 saturated carbocycles. The van der Waals surface area contributed by atoms with E-state index in [1.807, 2.05) is 6.92 Å². The number of nitrogens with zero attached hydrogens (tertiary/aromatic N) is 1. The monoisotopic (exact) mass is 205 g/mol. The number of aromatic nitrogens is 2. The summed E-state index contributed by atoms with van der Waals surface area (Å²) in [7, 11) is 0. The molecule has 0 aliphatic carbocycles. The third-order valence-electron chi connectivity index (χ3n) is 2.36. The first-order chi connectivity index (χ1) is 7.09. The second-order valence-corrected chi connectivity index (χ2v) is 3.64. The quantitative estimate of drug-likeness (QED) is 0.751. The van der Waals surface area contributed by atoms with E-state index >= 15 is 0 Å². The number of benzene rings is 1. The Bertz CT molecular complexity index is 503. The number of aromatic amines is 1. The smallest absolute Gasteiger partial charge is 0.134 e. The predicted molar refractivity (Wildman–Crippen MR) is 57.9 cm³/mol. The first-order valence-corrected chi connectivity index (χ1v) is 4.65. The summed E-state index contributed by atoms with van der Waals surface area (Å²) in [4.78, 5) is 0. The van der Waals surface area contributed by atoms with E-state index in [1.54, 1.807) is 19.1 Å². The molecule has 0 bridgehead atoms. The molecule has 0 aliphatic heterocycles. The minimum atomic E-state index is -0.242. The number of nitrogen functional groups attached to an aromatic ring is 1. The molecule has 0 saturated heterocycles. The SMILES string of the molecule is Cc1cc(C)c(F)c(-c2cn[nH]c2N)c1. The van der Waals surface area contributed by atoms with Gasteiger partial charge in [0.2, 0.25) is 0 Å². The van der Waals surface area contributed by atoms with Gasteiger partial charge in [-0.25, -0.2) is 4.39 Å². The van der Waals surface area contributed by atoms with Crippen molar-refractivity contribution in [3.63, 3.8) is 0 Å². The highest BCUT2D eigenvalue weighted by Gasteiger charge is 2.12. The largest absolute Gasteiger partial charge is 0.384 e. The second kappa shape index (κ2) is 3.38. The first kappa shape index (κ1) is 9.71. The van der Waals surface area contributed by atoms with Crippen molar-refractivity contribution in [3.05, 3.63) is 35.3 Å². The number of halogens is 1. The highest BCUT2D eigenvalue weighted by atomic mass is 19.1. The van der Waals surface area contributed by atoms with Crippen LogP contribution in [0.15, 0.2) is 18.3 Å². The van der Waals surface area contributed by atoms with Gasteiger partial charge in [-0.1, -0.05) is 11.6 Å². The Morgan fingerprint density at radius 2 is 2.00 bits per heavy atom. The van der Waals surface area contributed by atoms with Gasteiger partial charge in [0.15, 0.2) is 0 Å². The molecule has 0 fully saturated rings. The molecule has 3 N–H and O–H groups in total. The number of aryl methyl sites for hydroxylation is 2. The molecular weight excluding hydrogens is 193 g/mol. The second-order valence-electron chi connectivity index (χ2n) is 3.64. The van der Waals surface area contributed by atoms with Crippen LogP contribution in [0.4, 0.5) is 10.2 Å². The van der Waals surface area contributed by atoms with Crippen molar-refractivity contribution in [1.29, 1.82) is 0 Å². The average Bonchev–Trinajstić information content (AvgIpc) is 2.58. The third kappa shape index (κ3) is 1.58. The van der Waals surface area contributed by atoms with Crippen molar-refractivity contribution in [2.45, 2.75) is 13.8 Å². The van der Waals surface area contributed by atoms with Crippen molar-refractivity contribution >= 4 is 5.82 Å². The molecule has 3 nitrogen and oxygen atoms in total. The number of nitrogens with one attached hydrogen (secondary N) is 1. The van der Waals surface area contributed by atoms with Crippen molar-refractivity contribution in [2.75, 3.05) is 5.73 Å². The van der Waals surface area contributed by atoms with E-state index in [-0.39, 0.29) is 5.82 Å². The van der Waals surface area contributed by atoms with Crippen molar-refractivity contribution in [2.24, 2.45) is 0 Å². The Labute approximate surface area is 87.1 Å². The number of rotatable bonds is 1. The van der Waals surface area contributed by atoms with Gasteiger partial charge in [-0.2, -0.15) is 5.10 Å². The van der Waals surface area contributed by atoms with Crippen LogP contribution < -0.4 is 5.73 Å². The Hall–Kier alpha value is -1.84. The Morgan fingerprint density at radius 3 is 2.60 bits per heavy atom. The van der Waals surface area contributed by atoms with E-state index in [2.05, 4.69) is 10.2 Å². The standard InChI is InChI=1S/C11H12FN3/c1-6-3-7(2)10(12)8(4-6)9-5-14-15-11(9)13/h3-5H,1-2H3,(H3,13,14,15). The maximum absolute atomic E-state index is 13.8. The average molecular weight is 205 g/mol. The van der Waals surface area contributed by atoms with Crippen LogP contribution in [-0.4, -0.2) is 10.2 Å². The van der Waals surface area contributed by atoms with Crippen LogP contribution in [0.3, 0.4) is 0 Å². The van der Waals surface area contributed by atoms with Gasteiger partial charge in [-0.3, -0.25) is 5.10 Å². The summed E-state index contributed by atoms with van der Waals surface area (Å²) in [6, 6.07) is 3.57. The minimum Gasteiger partial charge on any atom is -0.384 e. The van der Waals surface area contributed by atoms with Gasteiger partial charge in [-0.05, 0) is 25.5 Å². The number of H-pyrrole nitrogens is 1. The zero-order chi connectivity index (χ0) is 11.0. The van der Waals surface area contributed by atoms with Gasteiger partial charge in [-0.15, -0.1) is 0 Å². The Morgan fingerprint density at radius 1 is 1.27 bits per heavy atom. The van der Waals surface area contributed by atoms with Gasteiger partial charge in [0.1, 0.15) is 11.6 Å². The molecule has 4 heteroatoms. The molecular formula is C11H12FN3. The topological polar surface area (TPSA) is 54.7 Å². The van der Waals surface area contributed by atoms with Crippen LogP contribution in [0.1, 0.15) is 11.1 Å². The van der Waals surface area contributed by atoms with Gasteiger partial charge < -0.3 is 5.73 Å². The molecule has 2 aromatic rings. The molecule has 0 radical (unpaired) electrons. The Balaban J connectivity index is 2.68. The fourth-order valence-electron chi connectivity index (χ4n) is 1.66. The van der Waals surface area contributed by atoms with Crippen molar-refractivity contribution < 1.29 is 4.39 Å². The fourth-order valence-corrected chi connectivity index (χ4v) is 1.66. The minimum absolute atomic E-state index is 0.242. The highest BCUT2D eigenvalue weighted by Crippen LogP contribution is 2.29. The third-order valence-corrected chi connectivity index (χ3v) is 2.36. The molecule has 1 heterocycles. The fraction of sp³-hybridized carbons (Fsp3) is 0.182. The van der Waals surface area contributed by atoms with Gasteiger partial charge in [0.25, 0.3) is 0 Å².